The molecule has 0 spiro atoms. The summed E-state index contributed by atoms with van der Waals surface area (Å²) in [5, 5.41) is 8.97. The van der Waals surface area contributed by atoms with Crippen molar-refractivity contribution in [2.75, 3.05) is 6.54 Å². The summed E-state index contributed by atoms with van der Waals surface area (Å²) in [7, 11) is -3.57. The van der Waals surface area contributed by atoms with Gasteiger partial charge >= 0.3 is 5.97 Å². The molecule has 1 fully saturated rings. The second kappa shape index (κ2) is 4.15. The van der Waals surface area contributed by atoms with Crippen LogP contribution < -0.4 is 0 Å². The average molecular weight is 258 g/mol. The molecule has 1 aromatic heterocycles. The van der Waals surface area contributed by atoms with Crippen molar-refractivity contribution in [1.29, 1.82) is 0 Å². The van der Waals surface area contributed by atoms with Crippen LogP contribution >= 0.6 is 0 Å². The van der Waals surface area contributed by atoms with Crippen LogP contribution in [-0.4, -0.2) is 41.4 Å². The van der Waals surface area contributed by atoms with E-state index >= 15 is 0 Å². The maximum atomic E-state index is 12.2. The lowest BCUT2D eigenvalue weighted by Gasteiger charge is -2.21. The Balaban J connectivity index is 2.29. The van der Waals surface area contributed by atoms with E-state index in [1.807, 2.05) is 0 Å². The molecular formula is C10H14N2O4S. The first-order valence-corrected chi connectivity index (χ1v) is 6.76. The zero-order valence-corrected chi connectivity index (χ0v) is 10.1. The molecule has 0 amide bonds. The number of hydrogen-bond donors (Lipinski definition) is 2. The predicted molar refractivity (Wildman–Crippen MR) is 59.9 cm³/mol. The quantitative estimate of drug-likeness (QED) is 0.826. The number of H-pyrrole nitrogens is 1. The number of sulfonamides is 1. The average Bonchev–Trinajstić information content (AvgIpc) is 2.84. The predicted octanol–water partition coefficient (Wildman–Crippen LogP) is 0.498. The lowest BCUT2D eigenvalue weighted by atomic mass is 10.0. The van der Waals surface area contributed by atoms with Gasteiger partial charge in [-0.15, -0.1) is 0 Å². The number of aromatic amines is 1. The summed E-state index contributed by atoms with van der Waals surface area (Å²) >= 11 is 0. The van der Waals surface area contributed by atoms with Crippen LogP contribution in [0.4, 0.5) is 0 Å². The topological polar surface area (TPSA) is 90.5 Å². The molecule has 1 aliphatic rings. The standard InChI is InChI=1S/C10H14N2O4S/c1-7-9(10(13)14)3-5-12(7)17(15,16)8-2-4-11-6-8/h2,4,6-7,9,11H,3,5H2,1H3,(H,13,14). The number of carboxylic acids is 1. The molecule has 2 unspecified atom stereocenters. The lowest BCUT2D eigenvalue weighted by molar-refractivity contribution is -0.142. The van der Waals surface area contributed by atoms with Crippen LogP contribution in [0.5, 0.6) is 0 Å². The molecule has 1 aliphatic heterocycles. The van der Waals surface area contributed by atoms with Crippen molar-refractivity contribution in [3.63, 3.8) is 0 Å². The molecule has 6 nitrogen and oxygen atoms in total. The molecule has 2 rings (SSSR count). The van der Waals surface area contributed by atoms with Gasteiger partial charge in [0.1, 0.15) is 0 Å². The Labute approximate surface area is 99.3 Å². The van der Waals surface area contributed by atoms with Gasteiger partial charge in [0.25, 0.3) is 0 Å². The summed E-state index contributed by atoms with van der Waals surface area (Å²) in [4.78, 5) is 13.8. The SMILES string of the molecule is CC1C(C(=O)O)CCN1S(=O)(=O)c1cc[nH]c1. The molecule has 2 heterocycles. The Morgan fingerprint density at radius 1 is 1.59 bits per heavy atom. The Hall–Kier alpha value is -1.34. The van der Waals surface area contributed by atoms with Gasteiger partial charge in [-0.1, -0.05) is 0 Å². The van der Waals surface area contributed by atoms with Gasteiger partial charge in [-0.3, -0.25) is 4.79 Å². The Morgan fingerprint density at radius 3 is 2.76 bits per heavy atom. The third-order valence-corrected chi connectivity index (χ3v) is 5.17. The normalized spacial score (nSPS) is 26.2. The van der Waals surface area contributed by atoms with Crippen LogP contribution in [0.15, 0.2) is 23.4 Å². The van der Waals surface area contributed by atoms with Crippen molar-refractivity contribution in [2.24, 2.45) is 5.92 Å². The highest BCUT2D eigenvalue weighted by atomic mass is 32.2. The summed E-state index contributed by atoms with van der Waals surface area (Å²) < 4.78 is 25.6. The number of nitrogens with one attached hydrogen (secondary N) is 1. The van der Waals surface area contributed by atoms with Gasteiger partial charge < -0.3 is 10.1 Å². The molecule has 94 valence electrons. The number of hydrogen-bond acceptors (Lipinski definition) is 3. The summed E-state index contributed by atoms with van der Waals surface area (Å²) in [5.74, 6) is -1.56. The fourth-order valence-corrected chi connectivity index (χ4v) is 3.84. The number of aromatic nitrogens is 1. The molecule has 17 heavy (non-hydrogen) atoms. The minimum Gasteiger partial charge on any atom is -0.481 e. The smallest absolute Gasteiger partial charge is 0.308 e. The Morgan fingerprint density at radius 2 is 2.29 bits per heavy atom. The third-order valence-electron chi connectivity index (χ3n) is 3.19. The van der Waals surface area contributed by atoms with Crippen molar-refractivity contribution in [3.8, 4) is 0 Å². The summed E-state index contributed by atoms with van der Waals surface area (Å²) in [6.45, 7) is 1.89. The van der Waals surface area contributed by atoms with Crippen LogP contribution in [0.3, 0.4) is 0 Å². The molecule has 0 bridgehead atoms. The highest BCUT2D eigenvalue weighted by Crippen LogP contribution is 2.29. The van der Waals surface area contributed by atoms with Gasteiger partial charge in [-0.25, -0.2) is 8.42 Å². The summed E-state index contributed by atoms with van der Waals surface area (Å²) in [5.41, 5.74) is 0. The van der Waals surface area contributed by atoms with Crippen LogP contribution in [0.1, 0.15) is 13.3 Å². The van der Waals surface area contributed by atoms with E-state index in [2.05, 4.69) is 4.98 Å². The van der Waals surface area contributed by atoms with E-state index in [9.17, 15) is 13.2 Å². The molecule has 2 atom stereocenters. The maximum Gasteiger partial charge on any atom is 0.308 e. The van der Waals surface area contributed by atoms with E-state index in [1.165, 1.54) is 22.8 Å². The zero-order chi connectivity index (χ0) is 12.6. The molecule has 1 aromatic rings. The van der Waals surface area contributed by atoms with Crippen molar-refractivity contribution >= 4 is 16.0 Å². The second-order valence-corrected chi connectivity index (χ2v) is 6.03. The van der Waals surface area contributed by atoms with Crippen molar-refractivity contribution in [3.05, 3.63) is 18.5 Å². The van der Waals surface area contributed by atoms with Crippen LogP contribution in [0.25, 0.3) is 0 Å². The highest BCUT2D eigenvalue weighted by molar-refractivity contribution is 7.89. The molecular weight excluding hydrogens is 244 g/mol. The number of aliphatic carboxylic acids is 1. The van der Waals surface area contributed by atoms with E-state index in [4.69, 9.17) is 5.11 Å². The first kappa shape index (κ1) is 12.1. The molecule has 0 radical (unpaired) electrons. The number of nitrogens with zero attached hydrogens (tertiary/aromatic N) is 1. The fourth-order valence-electron chi connectivity index (χ4n) is 2.19. The van der Waals surface area contributed by atoms with Gasteiger partial charge in [0.2, 0.25) is 10.0 Å². The van der Waals surface area contributed by atoms with Gasteiger partial charge in [-0.05, 0) is 19.4 Å². The number of carboxylic acid groups (broad SMARTS) is 1. The van der Waals surface area contributed by atoms with E-state index in [-0.39, 0.29) is 11.4 Å². The number of rotatable bonds is 3. The van der Waals surface area contributed by atoms with E-state index in [0.29, 0.717) is 6.42 Å². The molecule has 0 aromatic carbocycles. The monoisotopic (exact) mass is 258 g/mol. The van der Waals surface area contributed by atoms with Crippen molar-refractivity contribution in [1.82, 2.24) is 9.29 Å². The van der Waals surface area contributed by atoms with E-state index in [1.54, 1.807) is 6.92 Å². The molecule has 2 N–H and O–H groups in total. The first-order valence-electron chi connectivity index (χ1n) is 5.32. The van der Waals surface area contributed by atoms with Crippen molar-refractivity contribution < 1.29 is 18.3 Å². The Bertz CT molecular complexity index is 508. The second-order valence-electron chi connectivity index (χ2n) is 4.14. The highest BCUT2D eigenvalue weighted by Gasteiger charge is 2.42. The van der Waals surface area contributed by atoms with Gasteiger partial charge in [-0.2, -0.15) is 4.31 Å². The molecule has 7 heteroatoms. The van der Waals surface area contributed by atoms with E-state index in [0.717, 1.165) is 0 Å². The van der Waals surface area contributed by atoms with Crippen molar-refractivity contribution in [2.45, 2.75) is 24.3 Å². The van der Waals surface area contributed by atoms with E-state index < -0.39 is 28.0 Å². The van der Waals surface area contributed by atoms with Gasteiger partial charge in [0.05, 0.1) is 10.8 Å². The van der Waals surface area contributed by atoms with Gasteiger partial charge in [0.15, 0.2) is 0 Å². The first-order chi connectivity index (χ1) is 7.94. The van der Waals surface area contributed by atoms with Crippen LogP contribution in [0.2, 0.25) is 0 Å². The Kier molecular flexibility index (Phi) is 2.96. The fraction of sp³-hybridized carbons (Fsp3) is 0.500. The minimum atomic E-state index is -3.57. The molecule has 0 aliphatic carbocycles. The maximum absolute atomic E-state index is 12.2. The molecule has 1 saturated heterocycles. The molecule has 0 saturated carbocycles. The minimum absolute atomic E-state index is 0.176. The largest absolute Gasteiger partial charge is 0.481 e. The summed E-state index contributed by atoms with van der Waals surface area (Å²) in [6.07, 6.45) is 3.29. The summed E-state index contributed by atoms with van der Waals surface area (Å²) in [6, 6.07) is 0.961. The zero-order valence-electron chi connectivity index (χ0n) is 9.33. The number of carbonyl (C=O) groups is 1. The van der Waals surface area contributed by atoms with Crippen LogP contribution in [0, 0.1) is 5.92 Å². The lowest BCUT2D eigenvalue weighted by Crippen LogP contribution is -2.37. The van der Waals surface area contributed by atoms with Gasteiger partial charge in [0, 0.05) is 25.0 Å². The van der Waals surface area contributed by atoms with Crippen LogP contribution in [-0.2, 0) is 14.8 Å². The third kappa shape index (κ3) is 1.96.